The van der Waals surface area contributed by atoms with Crippen molar-refractivity contribution in [3.05, 3.63) is 59.7 Å². The van der Waals surface area contributed by atoms with E-state index in [1.54, 1.807) is 6.07 Å². The zero-order chi connectivity index (χ0) is 22.3. The van der Waals surface area contributed by atoms with Gasteiger partial charge < -0.3 is 20.2 Å². The summed E-state index contributed by atoms with van der Waals surface area (Å²) in [6.45, 7) is 10.1. The van der Waals surface area contributed by atoms with Crippen LogP contribution in [0.25, 0.3) is 0 Å². The molecule has 180 valence electrons. The summed E-state index contributed by atoms with van der Waals surface area (Å²) in [6, 6.07) is 16.5. The molecule has 0 spiro atoms. The van der Waals surface area contributed by atoms with E-state index >= 15 is 0 Å². The predicted molar refractivity (Wildman–Crippen MR) is 148 cm³/mol. The molecule has 0 aliphatic carbocycles. The molecule has 0 atom stereocenters. The van der Waals surface area contributed by atoms with Crippen LogP contribution in [0.3, 0.4) is 0 Å². The molecule has 2 fully saturated rings. The molecule has 2 saturated heterocycles. The van der Waals surface area contributed by atoms with E-state index in [4.69, 9.17) is 0 Å². The second kappa shape index (κ2) is 12.5. The summed E-state index contributed by atoms with van der Waals surface area (Å²) in [6.07, 6.45) is 2.47. The summed E-state index contributed by atoms with van der Waals surface area (Å²) in [7, 11) is 1.88. The highest BCUT2D eigenvalue weighted by Gasteiger charge is 2.23. The lowest BCUT2D eigenvalue weighted by atomic mass is 9.96. The number of piperidine rings is 1. The molecule has 7 heteroatoms. The number of aryl methyl sites for hydroxylation is 1. The average molecular weight is 564 g/mol. The molecule has 33 heavy (non-hydrogen) atoms. The van der Waals surface area contributed by atoms with E-state index in [0.717, 1.165) is 64.0 Å². The van der Waals surface area contributed by atoms with Crippen LogP contribution in [-0.2, 0) is 6.54 Å². The molecule has 0 radical (unpaired) electrons. The molecular formula is C26H38IN5O. The zero-order valence-electron chi connectivity index (χ0n) is 19.9. The predicted octanol–water partition coefficient (Wildman–Crippen LogP) is 3.93. The second-order valence-electron chi connectivity index (χ2n) is 9.10. The number of piperazine rings is 1. The molecule has 2 aliphatic heterocycles. The van der Waals surface area contributed by atoms with Crippen molar-refractivity contribution in [3.63, 3.8) is 0 Å². The Bertz CT molecular complexity index is 888. The van der Waals surface area contributed by atoms with Gasteiger partial charge in [-0.15, -0.1) is 24.0 Å². The fraction of sp³-hybridized carbons (Fsp3) is 0.500. The smallest absolute Gasteiger partial charge is 0.193 e. The van der Waals surface area contributed by atoms with Crippen LogP contribution in [0, 0.1) is 12.8 Å². The maximum Gasteiger partial charge on any atom is 0.193 e. The number of nitrogens with zero attached hydrogens (tertiary/aromatic N) is 4. The van der Waals surface area contributed by atoms with Gasteiger partial charge in [-0.3, -0.25) is 9.89 Å². The monoisotopic (exact) mass is 563 g/mol. The normalized spacial score (nSPS) is 18.2. The Morgan fingerprint density at radius 2 is 1.64 bits per heavy atom. The highest BCUT2D eigenvalue weighted by Crippen LogP contribution is 2.27. The van der Waals surface area contributed by atoms with Gasteiger partial charge in [-0.2, -0.15) is 0 Å². The van der Waals surface area contributed by atoms with E-state index in [2.05, 4.69) is 56.2 Å². The Hall–Kier alpha value is -2.00. The third-order valence-corrected chi connectivity index (χ3v) is 6.80. The molecule has 4 rings (SSSR count). The summed E-state index contributed by atoms with van der Waals surface area (Å²) in [5.41, 5.74) is 3.66. The number of rotatable bonds is 5. The number of nitrogens with one attached hydrogen (secondary N) is 1. The number of likely N-dealkylation sites (tertiary alicyclic amines) is 1. The number of aliphatic imine (C=N–C) groups is 1. The summed E-state index contributed by atoms with van der Waals surface area (Å²) >= 11 is 0. The summed E-state index contributed by atoms with van der Waals surface area (Å²) in [5, 5.41) is 13.8. The van der Waals surface area contributed by atoms with E-state index in [1.807, 2.05) is 25.2 Å². The van der Waals surface area contributed by atoms with Crippen molar-refractivity contribution < 1.29 is 5.11 Å². The van der Waals surface area contributed by atoms with Crippen LogP contribution >= 0.6 is 24.0 Å². The molecule has 2 aromatic rings. The van der Waals surface area contributed by atoms with Gasteiger partial charge in [0.25, 0.3) is 0 Å². The number of anilines is 1. The topological polar surface area (TPSA) is 54.3 Å². The average Bonchev–Trinajstić information content (AvgIpc) is 2.83. The molecular weight excluding hydrogens is 525 g/mol. The van der Waals surface area contributed by atoms with E-state index < -0.39 is 0 Å². The van der Waals surface area contributed by atoms with Crippen LogP contribution in [-0.4, -0.2) is 73.7 Å². The van der Waals surface area contributed by atoms with Crippen LogP contribution in [0.5, 0.6) is 5.75 Å². The van der Waals surface area contributed by atoms with E-state index in [-0.39, 0.29) is 24.0 Å². The third-order valence-electron chi connectivity index (χ3n) is 6.80. The first-order valence-electron chi connectivity index (χ1n) is 11.9. The summed E-state index contributed by atoms with van der Waals surface area (Å²) in [4.78, 5) is 11.7. The van der Waals surface area contributed by atoms with Gasteiger partial charge >= 0.3 is 0 Å². The molecule has 0 aromatic heterocycles. The molecule has 2 heterocycles. The van der Waals surface area contributed by atoms with E-state index in [0.29, 0.717) is 11.7 Å². The number of halogens is 1. The van der Waals surface area contributed by atoms with Crippen LogP contribution in [0.1, 0.15) is 24.0 Å². The molecule has 0 amide bonds. The van der Waals surface area contributed by atoms with Gasteiger partial charge in [0.05, 0.1) is 5.69 Å². The van der Waals surface area contributed by atoms with Crippen molar-refractivity contribution in [1.82, 2.24) is 15.1 Å². The van der Waals surface area contributed by atoms with Crippen molar-refractivity contribution in [2.45, 2.75) is 26.3 Å². The van der Waals surface area contributed by atoms with Crippen LogP contribution in [0.4, 0.5) is 5.69 Å². The molecule has 0 unspecified atom stereocenters. The van der Waals surface area contributed by atoms with Gasteiger partial charge in [0, 0.05) is 46.3 Å². The fourth-order valence-corrected chi connectivity index (χ4v) is 4.76. The Balaban J connectivity index is 0.00000306. The lowest BCUT2D eigenvalue weighted by Crippen LogP contribution is -2.53. The maximum atomic E-state index is 10.1. The highest BCUT2D eigenvalue weighted by atomic mass is 127. The number of hydrogen-bond acceptors (Lipinski definition) is 4. The first kappa shape index (κ1) is 25.6. The van der Waals surface area contributed by atoms with Crippen molar-refractivity contribution >= 4 is 35.6 Å². The standard InChI is InChI=1S/C26H37N5O.HI/c1-21-7-9-23(10-8-21)20-29-13-11-22(12-14-29)19-28-26(27-2)31-17-15-30(16-18-31)24-5-3-4-6-25(24)32;/h3-10,22,32H,11-20H2,1-2H3,(H,27,28);1H. The van der Waals surface area contributed by atoms with Crippen LogP contribution in [0.15, 0.2) is 53.5 Å². The number of aromatic hydroxyl groups is 1. The SMILES string of the molecule is CN=C(NCC1CCN(Cc2ccc(C)cc2)CC1)N1CCN(c2ccccc2O)CC1.I. The minimum absolute atomic E-state index is 0. The maximum absolute atomic E-state index is 10.1. The minimum atomic E-state index is 0. The van der Waals surface area contributed by atoms with Crippen molar-refractivity contribution in [2.24, 2.45) is 10.9 Å². The summed E-state index contributed by atoms with van der Waals surface area (Å²) in [5.74, 6) is 2.06. The molecule has 0 bridgehead atoms. The number of guanidine groups is 1. The fourth-order valence-electron chi connectivity index (χ4n) is 4.76. The van der Waals surface area contributed by atoms with E-state index in [9.17, 15) is 5.11 Å². The van der Waals surface area contributed by atoms with Crippen LogP contribution in [0.2, 0.25) is 0 Å². The van der Waals surface area contributed by atoms with Gasteiger partial charge in [-0.05, 0) is 56.5 Å². The van der Waals surface area contributed by atoms with E-state index in [1.165, 1.54) is 24.0 Å². The number of phenols is 1. The Morgan fingerprint density at radius 3 is 2.27 bits per heavy atom. The van der Waals surface area contributed by atoms with Crippen molar-refractivity contribution in [2.75, 3.05) is 57.8 Å². The minimum Gasteiger partial charge on any atom is -0.506 e. The Kier molecular flexibility index (Phi) is 9.67. The largest absolute Gasteiger partial charge is 0.506 e. The molecule has 2 aromatic carbocycles. The number of hydrogen-bond donors (Lipinski definition) is 2. The van der Waals surface area contributed by atoms with Gasteiger partial charge in [0.1, 0.15) is 5.75 Å². The molecule has 0 saturated carbocycles. The number of phenolic OH excluding ortho intramolecular Hbond substituents is 1. The first-order valence-corrected chi connectivity index (χ1v) is 11.9. The Morgan fingerprint density at radius 1 is 0.970 bits per heavy atom. The molecule has 2 N–H and O–H groups in total. The van der Waals surface area contributed by atoms with Crippen molar-refractivity contribution in [1.29, 1.82) is 0 Å². The lowest BCUT2D eigenvalue weighted by Gasteiger charge is -2.38. The quantitative estimate of drug-likeness (QED) is 0.328. The van der Waals surface area contributed by atoms with Crippen molar-refractivity contribution in [3.8, 4) is 5.75 Å². The lowest BCUT2D eigenvalue weighted by molar-refractivity contribution is 0.177. The van der Waals surface area contributed by atoms with Crippen LogP contribution < -0.4 is 10.2 Å². The second-order valence-corrected chi connectivity index (χ2v) is 9.10. The summed E-state index contributed by atoms with van der Waals surface area (Å²) < 4.78 is 0. The molecule has 2 aliphatic rings. The van der Waals surface area contributed by atoms with Gasteiger partial charge in [0.2, 0.25) is 0 Å². The Labute approximate surface area is 215 Å². The highest BCUT2D eigenvalue weighted by molar-refractivity contribution is 14.0. The van der Waals surface area contributed by atoms with Gasteiger partial charge in [-0.25, -0.2) is 0 Å². The first-order chi connectivity index (χ1) is 15.6. The molecule has 6 nitrogen and oxygen atoms in total. The van der Waals surface area contributed by atoms with Gasteiger partial charge in [0.15, 0.2) is 5.96 Å². The zero-order valence-corrected chi connectivity index (χ0v) is 22.2. The number of benzene rings is 2. The third kappa shape index (κ3) is 6.99. The number of para-hydroxylation sites is 2. The van der Waals surface area contributed by atoms with Gasteiger partial charge in [-0.1, -0.05) is 42.0 Å².